The molecule has 0 bridgehead atoms. The summed E-state index contributed by atoms with van der Waals surface area (Å²) in [7, 11) is 0. The van der Waals surface area contributed by atoms with Crippen molar-refractivity contribution in [2.24, 2.45) is 0 Å². The van der Waals surface area contributed by atoms with E-state index in [2.05, 4.69) is 22.2 Å². The molecule has 0 saturated heterocycles. The van der Waals surface area contributed by atoms with Crippen molar-refractivity contribution < 1.29 is 9.90 Å². The molecule has 2 heterocycles. The normalized spacial score (nSPS) is 10.3. The number of rotatable bonds is 5. The van der Waals surface area contributed by atoms with E-state index >= 15 is 0 Å². The van der Waals surface area contributed by atoms with Gasteiger partial charge in [-0.3, -0.25) is 4.98 Å². The number of carboxylic acid groups (broad SMARTS) is 1. The number of nitrogens with one attached hydrogen (secondary N) is 1. The Balaban J connectivity index is 2.13. The van der Waals surface area contributed by atoms with Gasteiger partial charge in [0.05, 0.1) is 22.8 Å². The molecule has 20 heavy (non-hydrogen) atoms. The second-order valence-corrected chi connectivity index (χ2v) is 4.58. The van der Waals surface area contributed by atoms with Gasteiger partial charge in [-0.25, -0.2) is 9.78 Å². The first-order valence-electron chi connectivity index (χ1n) is 6.17. The highest BCUT2D eigenvalue weighted by atomic mass is 35.5. The Morgan fingerprint density at radius 1 is 1.45 bits per heavy atom. The zero-order valence-electron chi connectivity index (χ0n) is 10.9. The van der Waals surface area contributed by atoms with E-state index in [9.17, 15) is 4.79 Å². The smallest absolute Gasteiger partial charge is 0.337 e. The lowest BCUT2D eigenvalue weighted by atomic mass is 10.1. The molecule has 0 radical (unpaired) electrons. The molecule has 0 spiro atoms. The zero-order chi connectivity index (χ0) is 14.5. The van der Waals surface area contributed by atoms with Gasteiger partial charge in [0.2, 0.25) is 0 Å². The number of aromatic nitrogens is 2. The molecule has 2 N–H and O–H groups in total. The van der Waals surface area contributed by atoms with Gasteiger partial charge < -0.3 is 10.4 Å². The van der Waals surface area contributed by atoms with E-state index in [1.54, 1.807) is 6.20 Å². The van der Waals surface area contributed by atoms with E-state index in [0.29, 0.717) is 12.4 Å². The van der Waals surface area contributed by atoms with Gasteiger partial charge in [0.1, 0.15) is 5.82 Å². The lowest BCUT2D eigenvalue weighted by Gasteiger charge is -2.10. The number of hydrogen-bond acceptors (Lipinski definition) is 4. The average molecular weight is 292 g/mol. The zero-order valence-corrected chi connectivity index (χ0v) is 11.7. The van der Waals surface area contributed by atoms with Gasteiger partial charge in [-0.05, 0) is 24.1 Å². The lowest BCUT2D eigenvalue weighted by Crippen LogP contribution is -2.07. The second-order valence-electron chi connectivity index (χ2n) is 4.18. The van der Waals surface area contributed by atoms with Crippen LogP contribution >= 0.6 is 11.6 Å². The fourth-order valence-electron chi connectivity index (χ4n) is 1.80. The van der Waals surface area contributed by atoms with Gasteiger partial charge in [-0.15, -0.1) is 0 Å². The number of aromatic carboxylic acids is 1. The first-order chi connectivity index (χ1) is 9.61. The third kappa shape index (κ3) is 3.24. The highest BCUT2D eigenvalue weighted by Crippen LogP contribution is 2.21. The molecule has 0 atom stereocenters. The Kier molecular flexibility index (Phi) is 4.53. The van der Waals surface area contributed by atoms with E-state index in [0.717, 1.165) is 17.7 Å². The first kappa shape index (κ1) is 14.3. The minimum atomic E-state index is -1.05. The summed E-state index contributed by atoms with van der Waals surface area (Å²) in [5.74, 6) is -0.603. The number of hydrogen-bond donors (Lipinski definition) is 2. The summed E-state index contributed by atoms with van der Waals surface area (Å²) in [6, 6.07) is 5.29. The summed E-state index contributed by atoms with van der Waals surface area (Å²) in [4.78, 5) is 19.1. The molecule has 0 fully saturated rings. The maximum absolute atomic E-state index is 10.8. The molecule has 2 rings (SSSR count). The van der Waals surface area contributed by atoms with Crippen molar-refractivity contribution in [3.63, 3.8) is 0 Å². The molecule has 2 aromatic rings. The van der Waals surface area contributed by atoms with Crippen LogP contribution in [-0.2, 0) is 13.0 Å². The second kappa shape index (κ2) is 6.34. The van der Waals surface area contributed by atoms with E-state index < -0.39 is 5.97 Å². The average Bonchev–Trinajstić information content (AvgIpc) is 2.46. The Bertz CT molecular complexity index is 632. The molecule has 0 amide bonds. The van der Waals surface area contributed by atoms with Gasteiger partial charge >= 0.3 is 5.97 Å². The van der Waals surface area contributed by atoms with Crippen molar-refractivity contribution >= 4 is 23.4 Å². The molecule has 2 aromatic heterocycles. The van der Waals surface area contributed by atoms with Crippen molar-refractivity contribution in [2.75, 3.05) is 5.32 Å². The summed E-state index contributed by atoms with van der Waals surface area (Å²) in [5, 5.41) is 12.2. The lowest BCUT2D eigenvalue weighted by molar-refractivity contribution is 0.0696. The summed E-state index contributed by atoms with van der Waals surface area (Å²) in [5.41, 5.74) is 2.14. The van der Waals surface area contributed by atoms with Crippen LogP contribution in [0, 0.1) is 0 Å². The molecule has 5 nitrogen and oxygen atoms in total. The molecular weight excluding hydrogens is 278 g/mol. The molecule has 0 saturated carbocycles. The number of carboxylic acids is 1. The molecule has 0 aliphatic heterocycles. The van der Waals surface area contributed by atoms with Crippen molar-refractivity contribution in [3.8, 4) is 0 Å². The molecule has 104 valence electrons. The number of pyridine rings is 2. The van der Waals surface area contributed by atoms with E-state index in [1.165, 1.54) is 12.3 Å². The number of halogens is 1. The monoisotopic (exact) mass is 291 g/mol. The molecule has 0 aliphatic carbocycles. The summed E-state index contributed by atoms with van der Waals surface area (Å²) >= 11 is 6.00. The van der Waals surface area contributed by atoms with Gasteiger partial charge in [0.15, 0.2) is 0 Å². The Morgan fingerprint density at radius 2 is 2.25 bits per heavy atom. The number of anilines is 1. The maximum Gasteiger partial charge on any atom is 0.337 e. The predicted molar refractivity (Wildman–Crippen MR) is 77.1 cm³/mol. The minimum Gasteiger partial charge on any atom is -0.478 e. The molecular formula is C14H14ClN3O2. The molecule has 0 aromatic carbocycles. The molecule has 0 unspecified atom stereocenters. The Morgan fingerprint density at radius 3 is 2.90 bits per heavy atom. The Labute approximate surface area is 121 Å². The van der Waals surface area contributed by atoms with Crippen molar-refractivity contribution in [3.05, 3.63) is 52.4 Å². The highest BCUT2D eigenvalue weighted by molar-refractivity contribution is 6.33. The summed E-state index contributed by atoms with van der Waals surface area (Å²) in [6.07, 6.45) is 3.90. The number of carbonyl (C=O) groups is 1. The van der Waals surface area contributed by atoms with Crippen LogP contribution in [0.15, 0.2) is 30.6 Å². The van der Waals surface area contributed by atoms with Gasteiger partial charge in [-0.1, -0.05) is 24.6 Å². The van der Waals surface area contributed by atoms with Gasteiger partial charge in [-0.2, -0.15) is 0 Å². The van der Waals surface area contributed by atoms with E-state index in [4.69, 9.17) is 16.7 Å². The maximum atomic E-state index is 10.8. The van der Waals surface area contributed by atoms with Crippen LogP contribution in [0.1, 0.15) is 28.5 Å². The standard InChI is InChI=1S/C14H14ClN3O2/c1-2-9-4-3-5-16-12(9)8-18-13-11(15)6-10(7-17-13)14(19)20/h3-7H,2,8H2,1H3,(H,17,18)(H,19,20). The predicted octanol–water partition coefficient (Wildman–Crippen LogP) is 3.00. The highest BCUT2D eigenvalue weighted by Gasteiger charge is 2.09. The Hall–Kier alpha value is -2.14. The third-order valence-electron chi connectivity index (χ3n) is 2.88. The van der Waals surface area contributed by atoms with Crippen LogP contribution in [0.3, 0.4) is 0 Å². The van der Waals surface area contributed by atoms with Crippen LogP contribution in [-0.4, -0.2) is 21.0 Å². The van der Waals surface area contributed by atoms with Crippen LogP contribution in [0.4, 0.5) is 5.82 Å². The fraction of sp³-hybridized carbons (Fsp3) is 0.214. The van der Waals surface area contributed by atoms with Crippen molar-refractivity contribution in [1.82, 2.24) is 9.97 Å². The van der Waals surface area contributed by atoms with E-state index in [-0.39, 0.29) is 10.6 Å². The number of nitrogens with zero attached hydrogens (tertiary/aromatic N) is 2. The van der Waals surface area contributed by atoms with Gasteiger partial charge in [0.25, 0.3) is 0 Å². The molecule has 6 heteroatoms. The van der Waals surface area contributed by atoms with Crippen LogP contribution in [0.25, 0.3) is 0 Å². The van der Waals surface area contributed by atoms with Crippen LogP contribution in [0.2, 0.25) is 5.02 Å². The third-order valence-corrected chi connectivity index (χ3v) is 3.16. The van der Waals surface area contributed by atoms with E-state index in [1.807, 2.05) is 12.1 Å². The topological polar surface area (TPSA) is 75.1 Å². The van der Waals surface area contributed by atoms with Gasteiger partial charge in [0, 0.05) is 12.4 Å². The number of aryl methyl sites for hydroxylation is 1. The summed E-state index contributed by atoms with van der Waals surface area (Å²) < 4.78 is 0. The van der Waals surface area contributed by atoms with Crippen LogP contribution in [0.5, 0.6) is 0 Å². The SMILES string of the molecule is CCc1cccnc1CNc1ncc(C(=O)O)cc1Cl. The summed E-state index contributed by atoms with van der Waals surface area (Å²) in [6.45, 7) is 2.55. The largest absolute Gasteiger partial charge is 0.478 e. The quantitative estimate of drug-likeness (QED) is 0.886. The molecule has 0 aliphatic rings. The van der Waals surface area contributed by atoms with Crippen molar-refractivity contribution in [2.45, 2.75) is 19.9 Å². The van der Waals surface area contributed by atoms with Crippen LogP contribution < -0.4 is 5.32 Å². The first-order valence-corrected chi connectivity index (χ1v) is 6.55. The fourth-order valence-corrected chi connectivity index (χ4v) is 2.04. The van der Waals surface area contributed by atoms with Crippen molar-refractivity contribution in [1.29, 1.82) is 0 Å². The minimum absolute atomic E-state index is 0.0626.